The fourth-order valence-electron chi connectivity index (χ4n) is 4.30. The van der Waals surface area contributed by atoms with Crippen LogP contribution in [0.15, 0.2) is 126 Å². The molecule has 0 atom stereocenters. The van der Waals surface area contributed by atoms with E-state index in [-0.39, 0.29) is 12.4 Å². The third kappa shape index (κ3) is 5.16. The van der Waals surface area contributed by atoms with Gasteiger partial charge in [0.05, 0.1) is 6.21 Å². The zero-order chi connectivity index (χ0) is 26.4. The maximum atomic E-state index is 13.4. The number of carbonyl (C=O) groups excluding carboxylic acids is 1. The predicted molar refractivity (Wildman–Crippen MR) is 146 cm³/mol. The Bertz CT molecular complexity index is 1530. The van der Waals surface area contributed by atoms with Crippen molar-refractivity contribution in [3.63, 3.8) is 0 Å². The smallest absolute Gasteiger partial charge is 0.281 e. The molecule has 0 unspecified atom stereocenters. The van der Waals surface area contributed by atoms with Gasteiger partial charge in [0.25, 0.3) is 5.91 Å². The van der Waals surface area contributed by atoms with Crippen LogP contribution in [0.1, 0.15) is 22.3 Å². The van der Waals surface area contributed by atoms with E-state index in [4.69, 9.17) is 4.74 Å². The van der Waals surface area contributed by atoms with Crippen LogP contribution in [0.5, 0.6) is 5.75 Å². The fraction of sp³-hybridized carbons (Fsp3) is 0.0625. The monoisotopic (exact) mass is 504 g/mol. The van der Waals surface area contributed by atoms with Crippen LogP contribution in [-0.4, -0.2) is 17.2 Å². The molecule has 0 aromatic heterocycles. The maximum absolute atomic E-state index is 13.4. The molecule has 38 heavy (non-hydrogen) atoms. The van der Waals surface area contributed by atoms with Crippen molar-refractivity contribution in [2.45, 2.75) is 12.2 Å². The van der Waals surface area contributed by atoms with Crippen LogP contribution >= 0.6 is 0 Å². The number of rotatable bonds is 8. The Morgan fingerprint density at radius 3 is 2.08 bits per heavy atom. The van der Waals surface area contributed by atoms with Crippen LogP contribution in [0.25, 0.3) is 10.8 Å². The van der Waals surface area contributed by atoms with Crippen LogP contribution in [0.3, 0.4) is 0 Å². The molecular weight excluding hydrogens is 479 g/mol. The first kappa shape index (κ1) is 24.9. The van der Waals surface area contributed by atoms with E-state index in [2.05, 4.69) is 10.5 Å². The third-order valence-electron chi connectivity index (χ3n) is 6.31. The number of carbonyl (C=O) groups is 1. The van der Waals surface area contributed by atoms with Gasteiger partial charge in [0.2, 0.25) is 0 Å². The number of fused-ring (bicyclic) bond motifs is 1. The Morgan fingerprint density at radius 2 is 1.42 bits per heavy atom. The van der Waals surface area contributed by atoms with Gasteiger partial charge in [-0.1, -0.05) is 103 Å². The lowest BCUT2D eigenvalue weighted by Crippen LogP contribution is -2.43. The lowest BCUT2D eigenvalue weighted by molar-refractivity contribution is -0.136. The van der Waals surface area contributed by atoms with Gasteiger partial charge in [0.1, 0.15) is 18.2 Å². The Morgan fingerprint density at radius 1 is 0.816 bits per heavy atom. The summed E-state index contributed by atoms with van der Waals surface area (Å²) in [5, 5.41) is 17.7. The van der Waals surface area contributed by atoms with E-state index in [9.17, 15) is 14.3 Å². The Hall–Kier alpha value is -4.81. The highest BCUT2D eigenvalue weighted by molar-refractivity contribution is 6.03. The molecule has 0 aliphatic heterocycles. The molecule has 0 heterocycles. The SMILES string of the molecule is O=C(N/N=C\c1c(OCc2ccc(F)cc2)ccc2ccccc12)C(O)(c1ccccc1)c1ccccc1. The minimum atomic E-state index is -1.94. The minimum absolute atomic E-state index is 0.230. The van der Waals surface area contributed by atoms with Crippen LogP contribution in [-0.2, 0) is 17.0 Å². The number of amides is 1. The summed E-state index contributed by atoms with van der Waals surface area (Å²) in [6, 6.07) is 35.1. The number of benzene rings is 5. The summed E-state index contributed by atoms with van der Waals surface area (Å²) in [7, 11) is 0. The molecule has 5 rings (SSSR count). The molecule has 2 N–H and O–H groups in total. The van der Waals surface area contributed by atoms with Crippen molar-refractivity contribution in [2.75, 3.05) is 0 Å². The highest BCUT2D eigenvalue weighted by Gasteiger charge is 2.39. The van der Waals surface area contributed by atoms with Gasteiger partial charge >= 0.3 is 0 Å². The number of hydrogen-bond donors (Lipinski definition) is 2. The van der Waals surface area contributed by atoms with E-state index in [1.807, 2.05) is 48.5 Å². The van der Waals surface area contributed by atoms with Crippen LogP contribution in [0, 0.1) is 5.82 Å². The van der Waals surface area contributed by atoms with Crippen molar-refractivity contribution in [1.29, 1.82) is 0 Å². The van der Waals surface area contributed by atoms with E-state index in [0.717, 1.165) is 16.3 Å². The van der Waals surface area contributed by atoms with Gasteiger partial charge in [-0.25, -0.2) is 9.82 Å². The van der Waals surface area contributed by atoms with E-state index >= 15 is 0 Å². The summed E-state index contributed by atoms with van der Waals surface area (Å²) < 4.78 is 19.3. The van der Waals surface area contributed by atoms with E-state index in [1.54, 1.807) is 60.7 Å². The number of aliphatic hydroxyl groups is 1. The molecule has 5 nitrogen and oxygen atoms in total. The topological polar surface area (TPSA) is 70.9 Å². The van der Waals surface area contributed by atoms with Crippen molar-refractivity contribution < 1.29 is 19.0 Å². The molecule has 5 aromatic carbocycles. The molecule has 0 fully saturated rings. The average molecular weight is 505 g/mol. The summed E-state index contributed by atoms with van der Waals surface area (Å²) in [5.74, 6) is -0.457. The molecule has 6 heteroatoms. The van der Waals surface area contributed by atoms with Gasteiger partial charge in [-0.05, 0) is 45.7 Å². The second-order valence-electron chi connectivity index (χ2n) is 8.76. The number of halogens is 1. The number of hydrogen-bond acceptors (Lipinski definition) is 4. The molecule has 0 aliphatic rings. The van der Waals surface area contributed by atoms with E-state index in [1.165, 1.54) is 18.3 Å². The standard InChI is InChI=1S/C32H25FN2O3/c33-27-18-15-23(16-19-27)22-38-30-20-17-24-9-7-8-14-28(24)29(30)21-34-35-31(36)32(37,25-10-3-1-4-11-25)26-12-5-2-6-13-26/h1-21,37H,22H2,(H,35,36)/b34-21-. The van der Waals surface area contributed by atoms with Gasteiger partial charge in [-0.3, -0.25) is 4.79 Å². The average Bonchev–Trinajstić information content (AvgIpc) is 2.97. The second kappa shape index (κ2) is 11.1. The quantitative estimate of drug-likeness (QED) is 0.203. The zero-order valence-electron chi connectivity index (χ0n) is 20.4. The summed E-state index contributed by atoms with van der Waals surface area (Å²) in [5.41, 5.74) is 2.90. The number of nitrogens with one attached hydrogen (secondary N) is 1. The van der Waals surface area contributed by atoms with Crippen molar-refractivity contribution >= 4 is 22.9 Å². The summed E-state index contributed by atoms with van der Waals surface area (Å²) in [6.45, 7) is 0.230. The van der Waals surface area contributed by atoms with Crippen LogP contribution in [0.2, 0.25) is 0 Å². The molecular formula is C32H25FN2O3. The Labute approximate surface area is 219 Å². The van der Waals surface area contributed by atoms with E-state index < -0.39 is 11.5 Å². The molecule has 0 saturated heterocycles. The first-order valence-corrected chi connectivity index (χ1v) is 12.1. The molecule has 0 saturated carbocycles. The van der Waals surface area contributed by atoms with Gasteiger partial charge in [-0.15, -0.1) is 0 Å². The molecule has 0 radical (unpaired) electrons. The largest absolute Gasteiger partial charge is 0.488 e. The molecule has 0 spiro atoms. The molecule has 5 aromatic rings. The summed E-state index contributed by atoms with van der Waals surface area (Å²) in [4.78, 5) is 13.4. The lowest BCUT2D eigenvalue weighted by Gasteiger charge is -2.27. The van der Waals surface area contributed by atoms with Crippen LogP contribution in [0.4, 0.5) is 4.39 Å². The Balaban J connectivity index is 1.44. The second-order valence-corrected chi connectivity index (χ2v) is 8.76. The molecule has 0 aliphatic carbocycles. The third-order valence-corrected chi connectivity index (χ3v) is 6.31. The maximum Gasteiger partial charge on any atom is 0.281 e. The van der Waals surface area contributed by atoms with E-state index in [0.29, 0.717) is 22.4 Å². The number of nitrogens with zero attached hydrogens (tertiary/aromatic N) is 1. The van der Waals surface area contributed by atoms with Crippen molar-refractivity contribution in [1.82, 2.24) is 5.43 Å². The summed E-state index contributed by atoms with van der Waals surface area (Å²) >= 11 is 0. The first-order valence-electron chi connectivity index (χ1n) is 12.1. The van der Waals surface area contributed by atoms with Crippen molar-refractivity contribution in [2.24, 2.45) is 5.10 Å². The fourth-order valence-corrected chi connectivity index (χ4v) is 4.30. The van der Waals surface area contributed by atoms with Gasteiger partial charge in [0, 0.05) is 5.56 Å². The normalized spacial score (nSPS) is 11.5. The number of hydrazone groups is 1. The van der Waals surface area contributed by atoms with Gasteiger partial charge in [-0.2, -0.15) is 5.10 Å². The van der Waals surface area contributed by atoms with Gasteiger partial charge in [0.15, 0.2) is 5.60 Å². The van der Waals surface area contributed by atoms with Gasteiger partial charge < -0.3 is 9.84 Å². The molecule has 0 bridgehead atoms. The molecule has 188 valence electrons. The van der Waals surface area contributed by atoms with Crippen molar-refractivity contribution in [3.8, 4) is 5.75 Å². The number of ether oxygens (including phenoxy) is 1. The Kier molecular flexibility index (Phi) is 7.24. The predicted octanol–water partition coefficient (Wildman–Crippen LogP) is 5.94. The molecule has 1 amide bonds. The van der Waals surface area contributed by atoms with Crippen LogP contribution < -0.4 is 10.2 Å². The minimum Gasteiger partial charge on any atom is -0.488 e. The first-order chi connectivity index (χ1) is 18.6. The summed E-state index contributed by atoms with van der Waals surface area (Å²) in [6.07, 6.45) is 1.51. The highest BCUT2D eigenvalue weighted by Crippen LogP contribution is 2.30. The zero-order valence-corrected chi connectivity index (χ0v) is 20.4. The van der Waals surface area contributed by atoms with Crippen molar-refractivity contribution in [3.05, 3.63) is 149 Å². The highest BCUT2D eigenvalue weighted by atomic mass is 19.1. The lowest BCUT2D eigenvalue weighted by atomic mass is 9.85.